The largest absolute Gasteiger partial charge is 0.495 e. The van der Waals surface area contributed by atoms with E-state index in [0.29, 0.717) is 17.2 Å². The van der Waals surface area contributed by atoms with Crippen molar-refractivity contribution in [1.29, 1.82) is 5.26 Å². The zero-order chi connectivity index (χ0) is 12.3. The Morgan fingerprint density at radius 3 is 2.65 bits per heavy atom. The summed E-state index contributed by atoms with van der Waals surface area (Å²) in [5.41, 5.74) is 2.99. The zero-order valence-corrected chi connectivity index (χ0v) is 10.4. The molecule has 0 unspecified atom stereocenters. The maximum absolute atomic E-state index is 9.15. The smallest absolute Gasteiger partial charge is 0.139 e. The lowest BCUT2D eigenvalue weighted by molar-refractivity contribution is 0.409. The summed E-state index contributed by atoms with van der Waals surface area (Å²) in [6.45, 7) is 4.14. The average Bonchev–Trinajstić information content (AvgIpc) is 2.38. The molecule has 1 aliphatic heterocycles. The van der Waals surface area contributed by atoms with Crippen LogP contribution in [-0.2, 0) is 0 Å². The highest BCUT2D eigenvalue weighted by atomic mass is 16.5. The third-order valence-electron chi connectivity index (χ3n) is 3.43. The first-order valence-corrected chi connectivity index (χ1v) is 6.05. The molecule has 0 saturated carbocycles. The van der Waals surface area contributed by atoms with Gasteiger partial charge >= 0.3 is 0 Å². The van der Waals surface area contributed by atoms with E-state index in [-0.39, 0.29) is 0 Å². The fourth-order valence-electron chi connectivity index (χ4n) is 2.55. The number of hydrogen-bond donors (Lipinski definition) is 1. The Morgan fingerprint density at radius 2 is 2.06 bits per heavy atom. The molecule has 17 heavy (non-hydrogen) atoms. The summed E-state index contributed by atoms with van der Waals surface area (Å²) in [4.78, 5) is 0. The molecular weight excluding hydrogens is 212 g/mol. The fraction of sp³-hybridized carbons (Fsp3) is 0.500. The normalized spacial score (nSPS) is 16.5. The maximum atomic E-state index is 9.15. The molecule has 1 heterocycles. The van der Waals surface area contributed by atoms with Crippen LogP contribution in [0.1, 0.15) is 35.4 Å². The van der Waals surface area contributed by atoms with Gasteiger partial charge in [0.15, 0.2) is 0 Å². The van der Waals surface area contributed by atoms with Crippen LogP contribution in [-0.4, -0.2) is 20.2 Å². The van der Waals surface area contributed by atoms with E-state index in [1.54, 1.807) is 7.11 Å². The maximum Gasteiger partial charge on any atom is 0.139 e. The lowest BCUT2D eigenvalue weighted by Gasteiger charge is -2.24. The van der Waals surface area contributed by atoms with Gasteiger partial charge in [0.05, 0.1) is 12.7 Å². The van der Waals surface area contributed by atoms with Crippen LogP contribution < -0.4 is 10.1 Å². The Balaban J connectivity index is 2.36. The first-order chi connectivity index (χ1) is 8.26. The van der Waals surface area contributed by atoms with E-state index in [2.05, 4.69) is 17.5 Å². The lowest BCUT2D eigenvalue weighted by atomic mass is 9.88. The minimum absolute atomic E-state index is 0.577. The van der Waals surface area contributed by atoms with E-state index in [4.69, 9.17) is 10.00 Å². The first kappa shape index (κ1) is 11.9. The lowest BCUT2D eigenvalue weighted by Crippen LogP contribution is -2.26. The molecule has 0 amide bonds. The van der Waals surface area contributed by atoms with Gasteiger partial charge in [0.25, 0.3) is 0 Å². The number of ether oxygens (including phenoxy) is 1. The Labute approximate surface area is 102 Å². The predicted octanol–water partition coefficient (Wildman–Crippen LogP) is 2.34. The summed E-state index contributed by atoms with van der Waals surface area (Å²) < 4.78 is 5.27. The number of nitriles is 1. The standard InChI is InChI=1S/C14H18N2O/c1-10-7-12(11-3-5-16-6-4-11)8-13(9-15)14(10)17-2/h7-8,11,16H,3-6H2,1-2H3. The zero-order valence-electron chi connectivity index (χ0n) is 10.4. The molecule has 0 atom stereocenters. The van der Waals surface area contributed by atoms with Crippen LogP contribution in [0.4, 0.5) is 0 Å². The third-order valence-corrected chi connectivity index (χ3v) is 3.43. The molecule has 0 spiro atoms. The van der Waals surface area contributed by atoms with Gasteiger partial charge in [-0.05, 0) is 56.0 Å². The minimum Gasteiger partial charge on any atom is -0.495 e. The summed E-state index contributed by atoms with van der Waals surface area (Å²) in [6, 6.07) is 6.38. The van der Waals surface area contributed by atoms with Gasteiger partial charge in [0, 0.05) is 0 Å². The molecule has 0 aromatic heterocycles. The van der Waals surface area contributed by atoms with Crippen molar-refractivity contribution in [3.63, 3.8) is 0 Å². The van der Waals surface area contributed by atoms with E-state index < -0.39 is 0 Å². The molecule has 3 nitrogen and oxygen atoms in total. The Hall–Kier alpha value is -1.53. The van der Waals surface area contributed by atoms with Crippen LogP contribution >= 0.6 is 0 Å². The topological polar surface area (TPSA) is 45.0 Å². The van der Waals surface area contributed by atoms with Crippen molar-refractivity contribution in [2.45, 2.75) is 25.7 Å². The average molecular weight is 230 g/mol. The van der Waals surface area contributed by atoms with Gasteiger partial charge in [-0.25, -0.2) is 0 Å². The molecule has 1 aliphatic rings. The van der Waals surface area contributed by atoms with Crippen molar-refractivity contribution in [3.05, 3.63) is 28.8 Å². The number of piperidine rings is 1. The highest BCUT2D eigenvalue weighted by Crippen LogP contribution is 2.31. The summed E-state index contributed by atoms with van der Waals surface area (Å²) in [5, 5.41) is 12.5. The Bertz CT molecular complexity index is 442. The van der Waals surface area contributed by atoms with Gasteiger partial charge in [-0.3, -0.25) is 0 Å². The molecule has 1 fully saturated rings. The number of benzene rings is 1. The Morgan fingerprint density at radius 1 is 1.35 bits per heavy atom. The summed E-state index contributed by atoms with van der Waals surface area (Å²) in [7, 11) is 1.62. The molecule has 1 aromatic carbocycles. The van der Waals surface area contributed by atoms with Crippen LogP contribution in [0.2, 0.25) is 0 Å². The second-order valence-corrected chi connectivity index (χ2v) is 4.55. The minimum atomic E-state index is 0.577. The summed E-state index contributed by atoms with van der Waals surface area (Å²) in [5.74, 6) is 1.29. The molecule has 3 heteroatoms. The van der Waals surface area contributed by atoms with Crippen LogP contribution in [0, 0.1) is 18.3 Å². The van der Waals surface area contributed by atoms with Gasteiger partial charge < -0.3 is 10.1 Å². The molecule has 0 aliphatic carbocycles. The van der Waals surface area contributed by atoms with Gasteiger partial charge in [-0.15, -0.1) is 0 Å². The SMILES string of the molecule is COc1c(C)cc(C2CCNCC2)cc1C#N. The molecule has 2 rings (SSSR count). The number of rotatable bonds is 2. The van der Waals surface area contributed by atoms with Crippen molar-refractivity contribution in [3.8, 4) is 11.8 Å². The second kappa shape index (κ2) is 5.20. The van der Waals surface area contributed by atoms with Gasteiger partial charge in [0.1, 0.15) is 11.8 Å². The van der Waals surface area contributed by atoms with Crippen LogP contribution in [0.25, 0.3) is 0 Å². The summed E-state index contributed by atoms with van der Waals surface area (Å²) in [6.07, 6.45) is 2.30. The van der Waals surface area contributed by atoms with Crippen LogP contribution in [0.5, 0.6) is 5.75 Å². The van der Waals surface area contributed by atoms with Gasteiger partial charge in [0.2, 0.25) is 0 Å². The quantitative estimate of drug-likeness (QED) is 0.848. The van der Waals surface area contributed by atoms with Crippen LogP contribution in [0.15, 0.2) is 12.1 Å². The number of methoxy groups -OCH3 is 1. The number of hydrogen-bond acceptors (Lipinski definition) is 3. The molecule has 90 valence electrons. The van der Waals surface area contributed by atoms with E-state index in [9.17, 15) is 0 Å². The molecule has 1 N–H and O–H groups in total. The van der Waals surface area contributed by atoms with Gasteiger partial charge in [-0.1, -0.05) is 6.07 Å². The van der Waals surface area contributed by atoms with Crippen molar-refractivity contribution in [2.75, 3.05) is 20.2 Å². The van der Waals surface area contributed by atoms with Crippen molar-refractivity contribution < 1.29 is 4.74 Å². The monoisotopic (exact) mass is 230 g/mol. The third kappa shape index (κ3) is 2.42. The molecule has 0 bridgehead atoms. The number of aryl methyl sites for hydroxylation is 1. The first-order valence-electron chi connectivity index (χ1n) is 6.05. The fourth-order valence-corrected chi connectivity index (χ4v) is 2.55. The van der Waals surface area contributed by atoms with E-state index >= 15 is 0 Å². The van der Waals surface area contributed by atoms with E-state index in [1.165, 1.54) is 5.56 Å². The molecule has 1 saturated heterocycles. The number of nitrogens with zero attached hydrogens (tertiary/aromatic N) is 1. The van der Waals surface area contributed by atoms with Crippen molar-refractivity contribution in [2.24, 2.45) is 0 Å². The van der Waals surface area contributed by atoms with Crippen molar-refractivity contribution >= 4 is 0 Å². The summed E-state index contributed by atoms with van der Waals surface area (Å²) >= 11 is 0. The van der Waals surface area contributed by atoms with Gasteiger partial charge in [-0.2, -0.15) is 5.26 Å². The molecule has 1 aromatic rings. The Kier molecular flexibility index (Phi) is 3.65. The highest BCUT2D eigenvalue weighted by molar-refractivity contribution is 5.51. The number of nitrogens with one attached hydrogen (secondary N) is 1. The molecular formula is C14H18N2O. The van der Waals surface area contributed by atoms with Crippen LogP contribution in [0.3, 0.4) is 0 Å². The van der Waals surface area contributed by atoms with Crippen molar-refractivity contribution in [1.82, 2.24) is 5.32 Å². The predicted molar refractivity (Wildman–Crippen MR) is 67.3 cm³/mol. The second-order valence-electron chi connectivity index (χ2n) is 4.55. The highest BCUT2D eigenvalue weighted by Gasteiger charge is 2.18. The van der Waals surface area contributed by atoms with E-state index in [0.717, 1.165) is 31.5 Å². The molecule has 0 radical (unpaired) electrons. The van der Waals surface area contributed by atoms with E-state index in [1.807, 2.05) is 13.0 Å².